The Hall–Kier alpha value is -3.07. The minimum absolute atomic E-state index is 0.0429. The molecule has 3 aromatic rings. The third-order valence-corrected chi connectivity index (χ3v) is 5.03. The van der Waals surface area contributed by atoms with Crippen LogP contribution in [0.25, 0.3) is 0 Å². The largest absolute Gasteiger partial charge is 0.361 e. The summed E-state index contributed by atoms with van der Waals surface area (Å²) in [5.74, 6) is 0.0429. The van der Waals surface area contributed by atoms with Crippen LogP contribution in [-0.4, -0.2) is 5.91 Å². The second-order valence-electron chi connectivity index (χ2n) is 6.61. The van der Waals surface area contributed by atoms with Crippen LogP contribution in [0.15, 0.2) is 72.8 Å². The second-order valence-corrected chi connectivity index (χ2v) is 6.61. The smallest absolute Gasteiger partial charge is 0.260 e. The van der Waals surface area contributed by atoms with Crippen LogP contribution < -0.4 is 10.2 Å². The minimum Gasteiger partial charge on any atom is -0.361 e. The fourth-order valence-electron chi connectivity index (χ4n) is 3.66. The van der Waals surface area contributed by atoms with Gasteiger partial charge >= 0.3 is 0 Å². The molecular weight excluding hydrogens is 320 g/mol. The number of para-hydroxylation sites is 2. The summed E-state index contributed by atoms with van der Waals surface area (Å²) in [6.07, 6.45) is 0.725. The number of nitrogens with one attached hydrogen (secondary N) is 1. The molecule has 4 rings (SSSR count). The van der Waals surface area contributed by atoms with E-state index >= 15 is 0 Å². The quantitative estimate of drug-likeness (QED) is 0.695. The van der Waals surface area contributed by atoms with E-state index in [4.69, 9.17) is 0 Å². The van der Waals surface area contributed by atoms with E-state index in [1.54, 1.807) is 0 Å². The van der Waals surface area contributed by atoms with E-state index in [-0.39, 0.29) is 12.1 Å². The average molecular weight is 342 g/mol. The molecule has 0 saturated heterocycles. The maximum Gasteiger partial charge on any atom is 0.260 e. The number of amides is 1. The van der Waals surface area contributed by atoms with Gasteiger partial charge in [-0.1, -0.05) is 61.5 Å². The van der Waals surface area contributed by atoms with Crippen molar-refractivity contribution >= 4 is 17.3 Å². The van der Waals surface area contributed by atoms with Crippen LogP contribution in [0.3, 0.4) is 0 Å². The van der Waals surface area contributed by atoms with Crippen LogP contribution in [0.5, 0.6) is 0 Å². The van der Waals surface area contributed by atoms with E-state index in [1.165, 1.54) is 5.56 Å². The number of rotatable bonds is 4. The Balaban J connectivity index is 1.83. The van der Waals surface area contributed by atoms with Crippen molar-refractivity contribution in [3.63, 3.8) is 0 Å². The second kappa shape index (κ2) is 6.68. The Morgan fingerprint density at radius 3 is 2.42 bits per heavy atom. The van der Waals surface area contributed by atoms with Gasteiger partial charge in [0.05, 0.1) is 0 Å². The van der Waals surface area contributed by atoms with Gasteiger partial charge in [0.1, 0.15) is 6.17 Å². The molecule has 0 radical (unpaired) electrons. The van der Waals surface area contributed by atoms with Crippen LogP contribution in [-0.2, 0) is 6.42 Å². The highest BCUT2D eigenvalue weighted by atomic mass is 16.2. The molecule has 0 spiro atoms. The number of carbonyl (C=O) groups is 1. The van der Waals surface area contributed by atoms with E-state index in [9.17, 15) is 4.79 Å². The fraction of sp³-hybridized carbons (Fsp3) is 0.174. The first-order chi connectivity index (χ1) is 12.7. The molecule has 1 unspecified atom stereocenters. The van der Waals surface area contributed by atoms with Crippen molar-refractivity contribution in [2.75, 3.05) is 10.2 Å². The summed E-state index contributed by atoms with van der Waals surface area (Å²) in [7, 11) is 0. The number of hydrogen-bond acceptors (Lipinski definition) is 2. The maximum atomic E-state index is 13.2. The highest BCUT2D eigenvalue weighted by Crippen LogP contribution is 2.39. The molecule has 1 amide bonds. The van der Waals surface area contributed by atoms with Gasteiger partial charge in [-0.25, -0.2) is 0 Å². The van der Waals surface area contributed by atoms with Crippen molar-refractivity contribution in [2.24, 2.45) is 0 Å². The number of hydrogen-bond donors (Lipinski definition) is 1. The van der Waals surface area contributed by atoms with Gasteiger partial charge in [0, 0.05) is 22.5 Å². The molecule has 3 nitrogen and oxygen atoms in total. The number of benzene rings is 3. The van der Waals surface area contributed by atoms with Crippen molar-refractivity contribution in [3.05, 3.63) is 95.1 Å². The SMILES string of the molecule is CCc1ccccc1NC1c2ccccc2C(=O)N1c1ccccc1C. The third-order valence-electron chi connectivity index (χ3n) is 5.03. The summed E-state index contributed by atoms with van der Waals surface area (Å²) in [6, 6.07) is 24.2. The molecule has 0 bridgehead atoms. The van der Waals surface area contributed by atoms with Gasteiger partial charge in [-0.2, -0.15) is 0 Å². The first kappa shape index (κ1) is 16.4. The number of fused-ring (bicyclic) bond motifs is 1. The maximum absolute atomic E-state index is 13.2. The summed E-state index contributed by atoms with van der Waals surface area (Å²) < 4.78 is 0. The van der Waals surface area contributed by atoms with Gasteiger partial charge < -0.3 is 5.32 Å². The molecule has 1 atom stereocenters. The fourth-order valence-corrected chi connectivity index (χ4v) is 3.66. The van der Waals surface area contributed by atoms with Crippen molar-refractivity contribution in [1.82, 2.24) is 0 Å². The molecule has 26 heavy (non-hydrogen) atoms. The summed E-state index contributed by atoms with van der Waals surface area (Å²) in [5, 5.41) is 3.63. The van der Waals surface area contributed by atoms with Gasteiger partial charge in [-0.3, -0.25) is 9.69 Å². The highest BCUT2D eigenvalue weighted by Gasteiger charge is 2.38. The molecule has 0 aromatic heterocycles. The first-order valence-corrected chi connectivity index (χ1v) is 9.03. The molecule has 1 aliphatic rings. The normalized spacial score (nSPS) is 15.8. The van der Waals surface area contributed by atoms with Gasteiger partial charge in [-0.05, 0) is 42.7 Å². The average Bonchev–Trinajstić information content (AvgIpc) is 2.95. The van der Waals surface area contributed by atoms with E-state index in [2.05, 4.69) is 30.4 Å². The zero-order valence-electron chi connectivity index (χ0n) is 15.1. The zero-order chi connectivity index (χ0) is 18.1. The molecule has 3 aromatic carbocycles. The Labute approximate surface area is 154 Å². The predicted molar refractivity (Wildman–Crippen MR) is 107 cm³/mol. The van der Waals surface area contributed by atoms with Crippen molar-refractivity contribution in [2.45, 2.75) is 26.4 Å². The van der Waals surface area contributed by atoms with Crippen LogP contribution in [0, 0.1) is 6.92 Å². The van der Waals surface area contributed by atoms with Crippen molar-refractivity contribution < 1.29 is 4.79 Å². The Morgan fingerprint density at radius 2 is 1.62 bits per heavy atom. The standard InChI is InChI=1S/C23H22N2O/c1-3-17-11-5-8-14-20(17)24-22-18-12-6-7-13-19(18)23(26)25(22)21-15-9-4-10-16(21)2/h4-15,22,24H,3H2,1-2H3. The summed E-state index contributed by atoms with van der Waals surface area (Å²) in [6.45, 7) is 4.19. The lowest BCUT2D eigenvalue weighted by Crippen LogP contribution is -2.33. The molecule has 3 heteroatoms. The third kappa shape index (κ3) is 2.66. The molecule has 1 aliphatic heterocycles. The lowest BCUT2D eigenvalue weighted by atomic mass is 10.1. The Morgan fingerprint density at radius 1 is 0.923 bits per heavy atom. The summed E-state index contributed by atoms with van der Waals surface area (Å²) in [5.41, 5.74) is 6.13. The lowest BCUT2D eigenvalue weighted by Gasteiger charge is -2.29. The van der Waals surface area contributed by atoms with Gasteiger partial charge in [0.25, 0.3) is 5.91 Å². The molecule has 1 heterocycles. The predicted octanol–water partition coefficient (Wildman–Crippen LogP) is 5.33. The summed E-state index contributed by atoms with van der Waals surface area (Å²) >= 11 is 0. The Kier molecular flexibility index (Phi) is 4.21. The molecule has 0 saturated carbocycles. The molecule has 0 aliphatic carbocycles. The van der Waals surface area contributed by atoms with Crippen LogP contribution in [0.2, 0.25) is 0 Å². The van der Waals surface area contributed by atoms with Crippen molar-refractivity contribution in [1.29, 1.82) is 0 Å². The monoisotopic (exact) mass is 342 g/mol. The number of anilines is 2. The zero-order valence-corrected chi connectivity index (χ0v) is 15.1. The van der Waals surface area contributed by atoms with Crippen LogP contribution in [0.4, 0.5) is 11.4 Å². The van der Waals surface area contributed by atoms with E-state index in [0.29, 0.717) is 0 Å². The first-order valence-electron chi connectivity index (χ1n) is 9.03. The van der Waals surface area contributed by atoms with Crippen LogP contribution in [0.1, 0.15) is 40.1 Å². The van der Waals surface area contributed by atoms with E-state index in [1.807, 2.05) is 66.4 Å². The molecule has 0 fully saturated rings. The van der Waals surface area contributed by atoms with E-state index in [0.717, 1.165) is 34.5 Å². The van der Waals surface area contributed by atoms with Crippen molar-refractivity contribution in [3.8, 4) is 0 Å². The topological polar surface area (TPSA) is 32.3 Å². The lowest BCUT2D eigenvalue weighted by molar-refractivity contribution is 0.0993. The van der Waals surface area contributed by atoms with E-state index < -0.39 is 0 Å². The van der Waals surface area contributed by atoms with Crippen LogP contribution >= 0.6 is 0 Å². The molecule has 130 valence electrons. The number of carbonyl (C=O) groups excluding carboxylic acids is 1. The molecular formula is C23H22N2O. The molecule has 1 N–H and O–H groups in total. The summed E-state index contributed by atoms with van der Waals surface area (Å²) in [4.78, 5) is 15.1. The Bertz CT molecular complexity index is 964. The number of nitrogens with zero attached hydrogens (tertiary/aromatic N) is 1. The van der Waals surface area contributed by atoms with Gasteiger partial charge in [0.2, 0.25) is 0 Å². The number of aryl methyl sites for hydroxylation is 2. The minimum atomic E-state index is -0.215. The highest BCUT2D eigenvalue weighted by molar-refractivity contribution is 6.11. The van der Waals surface area contributed by atoms with Gasteiger partial charge in [-0.15, -0.1) is 0 Å². The van der Waals surface area contributed by atoms with Gasteiger partial charge in [0.15, 0.2) is 0 Å².